The third-order valence-electron chi connectivity index (χ3n) is 2.27. The smallest absolute Gasteiger partial charge is 0.184 e. The minimum Gasteiger partial charge on any atom is -0.476 e. The molecule has 16 heavy (non-hydrogen) atoms. The van der Waals surface area contributed by atoms with E-state index in [-0.39, 0.29) is 6.10 Å². The van der Waals surface area contributed by atoms with Crippen LogP contribution in [-0.2, 0) is 6.54 Å². The normalized spacial score (nSPS) is 11.8. The van der Waals surface area contributed by atoms with Crippen LogP contribution in [0.2, 0.25) is 0 Å². The van der Waals surface area contributed by atoms with Crippen molar-refractivity contribution in [3.8, 4) is 11.8 Å². The number of hydrogen-bond acceptors (Lipinski definition) is 3. The van der Waals surface area contributed by atoms with Crippen molar-refractivity contribution < 1.29 is 4.74 Å². The first-order valence-corrected chi connectivity index (χ1v) is 5.66. The number of hydrogen-bond donors (Lipinski definition) is 1. The van der Waals surface area contributed by atoms with E-state index in [9.17, 15) is 0 Å². The fraction of sp³-hybridized carbons (Fsp3) is 0.462. The highest BCUT2D eigenvalue weighted by Gasteiger charge is 2.05. The molecule has 0 bridgehead atoms. The van der Waals surface area contributed by atoms with E-state index >= 15 is 0 Å². The summed E-state index contributed by atoms with van der Waals surface area (Å²) < 4.78 is 5.54. The molecule has 0 radical (unpaired) electrons. The molecule has 0 heterocycles. The van der Waals surface area contributed by atoms with E-state index in [0.717, 1.165) is 18.8 Å². The number of nitriles is 1. The third kappa shape index (κ3) is 3.92. The van der Waals surface area contributed by atoms with Gasteiger partial charge in [-0.15, -0.1) is 0 Å². The second kappa shape index (κ2) is 6.86. The second-order valence-electron chi connectivity index (χ2n) is 3.57. The van der Waals surface area contributed by atoms with Crippen molar-refractivity contribution in [2.75, 3.05) is 6.54 Å². The van der Waals surface area contributed by atoms with Crippen molar-refractivity contribution in [3.05, 3.63) is 29.8 Å². The lowest BCUT2D eigenvalue weighted by molar-refractivity contribution is 0.251. The van der Waals surface area contributed by atoms with Gasteiger partial charge in [0.05, 0.1) is 0 Å². The first-order chi connectivity index (χ1) is 7.80. The van der Waals surface area contributed by atoms with Gasteiger partial charge >= 0.3 is 0 Å². The zero-order valence-electron chi connectivity index (χ0n) is 9.86. The maximum atomic E-state index is 8.81. The van der Waals surface area contributed by atoms with Crippen LogP contribution in [0.3, 0.4) is 0 Å². The predicted molar refractivity (Wildman–Crippen MR) is 64.1 cm³/mol. The summed E-state index contributed by atoms with van der Waals surface area (Å²) in [7, 11) is 0. The molecule has 1 rings (SSSR count). The summed E-state index contributed by atoms with van der Waals surface area (Å²) in [6.07, 6.45) is 0.350. The van der Waals surface area contributed by atoms with Gasteiger partial charge in [-0.05, 0) is 30.7 Å². The second-order valence-corrected chi connectivity index (χ2v) is 3.57. The lowest BCUT2D eigenvalue weighted by atomic mass is 10.2. The fourth-order valence-corrected chi connectivity index (χ4v) is 1.36. The highest BCUT2D eigenvalue weighted by Crippen LogP contribution is 2.15. The Bertz CT molecular complexity index is 357. The summed E-state index contributed by atoms with van der Waals surface area (Å²) in [5.74, 6) is 0.767. The van der Waals surface area contributed by atoms with Crippen molar-refractivity contribution in [3.63, 3.8) is 0 Å². The molecule has 3 nitrogen and oxygen atoms in total. The minimum absolute atomic E-state index is 0.352. The van der Waals surface area contributed by atoms with E-state index in [1.807, 2.05) is 31.2 Å². The quantitative estimate of drug-likeness (QED) is 0.797. The van der Waals surface area contributed by atoms with Gasteiger partial charge in [-0.2, -0.15) is 5.26 Å². The molecule has 1 atom stereocenters. The summed E-state index contributed by atoms with van der Waals surface area (Å²) in [5, 5.41) is 12.1. The van der Waals surface area contributed by atoms with Gasteiger partial charge in [0.25, 0.3) is 0 Å². The van der Waals surface area contributed by atoms with Crippen LogP contribution in [0.4, 0.5) is 0 Å². The summed E-state index contributed by atoms with van der Waals surface area (Å²) in [6.45, 7) is 5.79. The Morgan fingerprint density at radius 3 is 2.88 bits per heavy atom. The van der Waals surface area contributed by atoms with E-state index < -0.39 is 0 Å². The lowest BCUT2D eigenvalue weighted by Crippen LogP contribution is -2.14. The molecule has 1 aromatic rings. The Kier molecular flexibility index (Phi) is 5.38. The SMILES string of the molecule is CCNCc1cccc(OC(C#N)CC)c1. The Morgan fingerprint density at radius 1 is 1.44 bits per heavy atom. The Balaban J connectivity index is 2.63. The molecule has 0 fully saturated rings. The van der Waals surface area contributed by atoms with Gasteiger partial charge in [0.2, 0.25) is 0 Å². The van der Waals surface area contributed by atoms with Crippen molar-refractivity contribution >= 4 is 0 Å². The van der Waals surface area contributed by atoms with E-state index in [4.69, 9.17) is 10.00 Å². The number of rotatable bonds is 6. The molecule has 0 saturated carbocycles. The zero-order valence-corrected chi connectivity index (χ0v) is 9.86. The summed E-state index contributed by atoms with van der Waals surface area (Å²) in [4.78, 5) is 0. The van der Waals surface area contributed by atoms with Crippen LogP contribution in [0.25, 0.3) is 0 Å². The Morgan fingerprint density at radius 2 is 2.25 bits per heavy atom. The van der Waals surface area contributed by atoms with Crippen molar-refractivity contribution in [1.29, 1.82) is 5.26 Å². The molecular weight excluding hydrogens is 200 g/mol. The first-order valence-electron chi connectivity index (χ1n) is 5.66. The van der Waals surface area contributed by atoms with E-state index in [2.05, 4.69) is 18.3 Å². The molecule has 1 aromatic carbocycles. The van der Waals surface area contributed by atoms with Gasteiger partial charge in [-0.25, -0.2) is 0 Å². The standard InChI is InChI=1S/C13H18N2O/c1-3-12(9-14)16-13-7-5-6-11(8-13)10-15-4-2/h5-8,12,15H,3-4,10H2,1-2H3. The molecule has 3 heteroatoms. The van der Waals surface area contributed by atoms with E-state index in [1.54, 1.807) is 0 Å². The van der Waals surface area contributed by atoms with Crippen LogP contribution in [0, 0.1) is 11.3 Å². The molecule has 0 aliphatic carbocycles. The first kappa shape index (κ1) is 12.5. The molecular formula is C13H18N2O. The number of nitrogens with one attached hydrogen (secondary N) is 1. The van der Waals surface area contributed by atoms with Gasteiger partial charge in [0, 0.05) is 6.54 Å². The van der Waals surface area contributed by atoms with Crippen LogP contribution in [0.1, 0.15) is 25.8 Å². The van der Waals surface area contributed by atoms with Crippen LogP contribution in [0.5, 0.6) is 5.75 Å². The number of nitrogens with zero attached hydrogens (tertiary/aromatic N) is 1. The monoisotopic (exact) mass is 218 g/mol. The topological polar surface area (TPSA) is 45.0 Å². The minimum atomic E-state index is -0.352. The number of benzene rings is 1. The van der Waals surface area contributed by atoms with Gasteiger partial charge in [-0.1, -0.05) is 26.0 Å². The molecule has 1 N–H and O–H groups in total. The van der Waals surface area contributed by atoms with Gasteiger partial charge in [0.15, 0.2) is 6.10 Å². The molecule has 0 spiro atoms. The van der Waals surface area contributed by atoms with Gasteiger partial charge in [0.1, 0.15) is 11.8 Å². The van der Waals surface area contributed by atoms with Crippen molar-refractivity contribution in [2.45, 2.75) is 32.9 Å². The van der Waals surface area contributed by atoms with E-state index in [1.165, 1.54) is 5.56 Å². The summed E-state index contributed by atoms with van der Waals surface area (Å²) >= 11 is 0. The molecule has 0 aliphatic heterocycles. The molecule has 0 aromatic heterocycles. The average molecular weight is 218 g/mol. The van der Waals surface area contributed by atoms with Crippen molar-refractivity contribution in [1.82, 2.24) is 5.32 Å². The highest BCUT2D eigenvalue weighted by molar-refractivity contribution is 5.29. The Labute approximate surface area is 97.0 Å². The largest absolute Gasteiger partial charge is 0.476 e. The fourth-order valence-electron chi connectivity index (χ4n) is 1.36. The van der Waals surface area contributed by atoms with Crippen LogP contribution < -0.4 is 10.1 Å². The molecule has 0 aliphatic rings. The average Bonchev–Trinajstić information content (AvgIpc) is 2.34. The number of ether oxygens (including phenoxy) is 1. The summed E-state index contributed by atoms with van der Waals surface area (Å²) in [5.41, 5.74) is 1.17. The van der Waals surface area contributed by atoms with Crippen LogP contribution >= 0.6 is 0 Å². The summed E-state index contributed by atoms with van der Waals surface area (Å²) in [6, 6.07) is 9.98. The van der Waals surface area contributed by atoms with Gasteiger partial charge < -0.3 is 10.1 Å². The molecule has 0 saturated heterocycles. The Hall–Kier alpha value is -1.53. The highest BCUT2D eigenvalue weighted by atomic mass is 16.5. The molecule has 86 valence electrons. The molecule has 0 amide bonds. The maximum Gasteiger partial charge on any atom is 0.184 e. The van der Waals surface area contributed by atoms with E-state index in [0.29, 0.717) is 6.42 Å². The van der Waals surface area contributed by atoms with Crippen molar-refractivity contribution in [2.24, 2.45) is 0 Å². The van der Waals surface area contributed by atoms with Gasteiger partial charge in [-0.3, -0.25) is 0 Å². The molecule has 1 unspecified atom stereocenters. The van der Waals surface area contributed by atoms with Crippen LogP contribution in [-0.4, -0.2) is 12.6 Å². The maximum absolute atomic E-state index is 8.81. The lowest BCUT2D eigenvalue weighted by Gasteiger charge is -2.11. The van der Waals surface area contributed by atoms with Crippen LogP contribution in [0.15, 0.2) is 24.3 Å². The zero-order chi connectivity index (χ0) is 11.8. The third-order valence-corrected chi connectivity index (χ3v) is 2.27. The predicted octanol–water partition coefficient (Wildman–Crippen LogP) is 2.48.